The van der Waals surface area contributed by atoms with Gasteiger partial charge in [0, 0.05) is 5.02 Å². The molecule has 0 aliphatic carbocycles. The number of benzene rings is 2. The number of aromatic hydroxyl groups is 1. The lowest BCUT2D eigenvalue weighted by molar-refractivity contribution is 0.476. The molecule has 0 aliphatic heterocycles. The number of nitrogens with zero attached hydrogens (tertiary/aromatic N) is 1. The van der Waals surface area contributed by atoms with Gasteiger partial charge in [-0.05, 0) is 37.3 Å². The van der Waals surface area contributed by atoms with Crippen LogP contribution in [0.4, 0.5) is 0 Å². The molecule has 98 valence electrons. The first-order chi connectivity index (χ1) is 9.04. The predicted octanol–water partition coefficient (Wildman–Crippen LogP) is 4.94. The van der Waals surface area contributed by atoms with Crippen LogP contribution in [0.2, 0.25) is 5.02 Å². The minimum atomic E-state index is 0.273. The van der Waals surface area contributed by atoms with E-state index in [0.29, 0.717) is 0 Å². The molecule has 2 aromatic carbocycles. The van der Waals surface area contributed by atoms with Crippen molar-refractivity contribution in [1.29, 1.82) is 0 Å². The van der Waals surface area contributed by atoms with E-state index in [1.54, 1.807) is 18.2 Å². The standard InChI is InChI=1S/C7H7Cl.C7H5NOS2/c1-6-2-4-7(8)5-3-6;9-4-1-2-5-6(3-4)11-7(10)8-5/h2-5H,1H3;1-3,9H,(H,8,10). The van der Waals surface area contributed by atoms with E-state index in [1.165, 1.54) is 16.9 Å². The van der Waals surface area contributed by atoms with Crippen LogP contribution in [0.5, 0.6) is 5.75 Å². The van der Waals surface area contributed by atoms with Gasteiger partial charge in [-0.2, -0.15) is 0 Å². The second-order valence-electron chi connectivity index (χ2n) is 3.94. The molecule has 0 fully saturated rings. The van der Waals surface area contributed by atoms with Gasteiger partial charge in [-0.15, -0.1) is 24.0 Å². The molecule has 0 spiro atoms. The zero-order chi connectivity index (χ0) is 13.8. The number of fused-ring (bicyclic) bond motifs is 1. The molecule has 0 radical (unpaired) electrons. The maximum absolute atomic E-state index is 9.09. The van der Waals surface area contributed by atoms with Gasteiger partial charge in [0.15, 0.2) is 0 Å². The molecule has 3 rings (SSSR count). The minimum absolute atomic E-state index is 0.273. The van der Waals surface area contributed by atoms with Gasteiger partial charge in [0.1, 0.15) is 10.1 Å². The van der Waals surface area contributed by atoms with Crippen LogP contribution in [0.1, 0.15) is 5.56 Å². The third-order valence-corrected chi connectivity index (χ3v) is 3.82. The van der Waals surface area contributed by atoms with Gasteiger partial charge in [-0.25, -0.2) is 4.98 Å². The molecule has 0 unspecified atom stereocenters. The lowest BCUT2D eigenvalue weighted by Gasteiger charge is -1.88. The summed E-state index contributed by atoms with van der Waals surface area (Å²) >= 11 is 11.2. The van der Waals surface area contributed by atoms with Gasteiger partial charge in [0.2, 0.25) is 0 Å². The molecule has 0 atom stereocenters. The zero-order valence-corrected chi connectivity index (χ0v) is 12.6. The van der Waals surface area contributed by atoms with Crippen molar-refractivity contribution in [3.8, 4) is 5.75 Å². The van der Waals surface area contributed by atoms with Crippen LogP contribution in [0.15, 0.2) is 46.8 Å². The summed E-state index contributed by atoms with van der Waals surface area (Å²) in [6, 6.07) is 12.8. The van der Waals surface area contributed by atoms with Crippen LogP contribution in [0.25, 0.3) is 10.2 Å². The highest BCUT2D eigenvalue weighted by atomic mass is 35.5. The average molecular weight is 310 g/mol. The van der Waals surface area contributed by atoms with Crippen molar-refractivity contribution in [3.63, 3.8) is 0 Å². The van der Waals surface area contributed by atoms with Gasteiger partial charge in [0.25, 0.3) is 0 Å². The van der Waals surface area contributed by atoms with E-state index in [2.05, 4.69) is 17.6 Å². The van der Waals surface area contributed by atoms with E-state index < -0.39 is 0 Å². The fraction of sp³-hybridized carbons (Fsp3) is 0.0714. The van der Waals surface area contributed by atoms with Gasteiger partial charge in [-0.3, -0.25) is 0 Å². The molecule has 19 heavy (non-hydrogen) atoms. The lowest BCUT2D eigenvalue weighted by atomic mass is 10.2. The molecule has 1 N–H and O–H groups in total. The number of hydrogen-bond donors (Lipinski definition) is 2. The van der Waals surface area contributed by atoms with Crippen molar-refractivity contribution in [3.05, 3.63) is 53.1 Å². The molecule has 0 amide bonds. The zero-order valence-electron chi connectivity index (χ0n) is 10.2. The van der Waals surface area contributed by atoms with Crippen molar-refractivity contribution in [2.75, 3.05) is 0 Å². The van der Waals surface area contributed by atoms with Crippen molar-refractivity contribution in [2.24, 2.45) is 0 Å². The summed E-state index contributed by atoms with van der Waals surface area (Å²) in [5.74, 6) is 0.273. The molecular weight excluding hydrogens is 298 g/mol. The van der Waals surface area contributed by atoms with E-state index >= 15 is 0 Å². The predicted molar refractivity (Wildman–Crippen MR) is 84.7 cm³/mol. The summed E-state index contributed by atoms with van der Waals surface area (Å²) in [5, 5.41) is 9.89. The normalized spacial score (nSPS) is 10.1. The molecule has 0 aliphatic rings. The average Bonchev–Trinajstić information content (AvgIpc) is 2.73. The van der Waals surface area contributed by atoms with E-state index in [-0.39, 0.29) is 5.75 Å². The smallest absolute Gasteiger partial charge is 0.148 e. The number of phenolic OH excluding ortho intramolecular Hbond substituents is 1. The molecule has 1 aromatic heterocycles. The number of aryl methyl sites for hydroxylation is 1. The summed E-state index contributed by atoms with van der Waals surface area (Å²) in [5.41, 5.74) is 2.13. The molecule has 0 bridgehead atoms. The highest BCUT2D eigenvalue weighted by Gasteiger charge is 1.99. The molecular formula is C14H12ClNOS2. The van der Waals surface area contributed by atoms with Crippen molar-refractivity contribution >= 4 is 45.8 Å². The number of thiazole rings is 1. The largest absolute Gasteiger partial charge is 0.508 e. The Morgan fingerprint density at radius 2 is 1.84 bits per heavy atom. The summed E-state index contributed by atoms with van der Waals surface area (Å²) in [4.78, 5) is 4.13. The molecule has 0 saturated heterocycles. The van der Waals surface area contributed by atoms with Gasteiger partial charge in [-0.1, -0.05) is 29.3 Å². The maximum Gasteiger partial charge on any atom is 0.148 e. The van der Waals surface area contributed by atoms with Crippen LogP contribution >= 0.6 is 35.6 Å². The molecule has 0 saturated carbocycles. The Labute approximate surface area is 126 Å². The molecule has 2 nitrogen and oxygen atoms in total. The SMILES string of the molecule is Cc1ccc(Cl)cc1.Oc1ccc2nc(S)sc2c1. The number of aromatic nitrogens is 1. The molecule has 3 aromatic rings. The molecule has 5 heteroatoms. The quantitative estimate of drug-likeness (QED) is 0.577. The third-order valence-electron chi connectivity index (χ3n) is 2.37. The first kappa shape index (κ1) is 14.2. The second kappa shape index (κ2) is 6.28. The maximum atomic E-state index is 9.09. The fourth-order valence-corrected chi connectivity index (χ4v) is 2.70. The Balaban J connectivity index is 0.000000148. The summed E-state index contributed by atoms with van der Waals surface area (Å²) < 4.78 is 1.70. The number of halogens is 1. The van der Waals surface area contributed by atoms with Crippen LogP contribution in [0, 0.1) is 6.92 Å². The highest BCUT2D eigenvalue weighted by Crippen LogP contribution is 2.27. The molecule has 1 heterocycles. The van der Waals surface area contributed by atoms with E-state index in [4.69, 9.17) is 16.7 Å². The number of thiol groups is 1. The monoisotopic (exact) mass is 309 g/mol. The summed E-state index contributed by atoms with van der Waals surface area (Å²) in [6.45, 7) is 2.04. The van der Waals surface area contributed by atoms with Crippen molar-refractivity contribution in [1.82, 2.24) is 4.98 Å². The fourth-order valence-electron chi connectivity index (χ4n) is 1.43. The van der Waals surface area contributed by atoms with Crippen LogP contribution in [-0.4, -0.2) is 10.1 Å². The number of phenols is 1. The number of rotatable bonds is 0. The Morgan fingerprint density at radius 3 is 2.47 bits per heavy atom. The second-order valence-corrected chi connectivity index (χ2v) is 6.14. The van der Waals surface area contributed by atoms with E-state index in [9.17, 15) is 0 Å². The van der Waals surface area contributed by atoms with Gasteiger partial charge < -0.3 is 5.11 Å². The van der Waals surface area contributed by atoms with Gasteiger partial charge >= 0.3 is 0 Å². The Hall–Kier alpha value is -1.23. The first-order valence-electron chi connectivity index (χ1n) is 5.55. The van der Waals surface area contributed by atoms with Crippen LogP contribution < -0.4 is 0 Å². The van der Waals surface area contributed by atoms with Crippen molar-refractivity contribution in [2.45, 2.75) is 11.3 Å². The Morgan fingerprint density at radius 1 is 1.16 bits per heavy atom. The first-order valence-corrected chi connectivity index (χ1v) is 7.19. The summed E-state index contributed by atoms with van der Waals surface area (Å²) in [7, 11) is 0. The van der Waals surface area contributed by atoms with Crippen LogP contribution in [0.3, 0.4) is 0 Å². The van der Waals surface area contributed by atoms with E-state index in [1.807, 2.05) is 31.2 Å². The number of hydrogen-bond acceptors (Lipinski definition) is 4. The van der Waals surface area contributed by atoms with Gasteiger partial charge in [0.05, 0.1) is 10.2 Å². The highest BCUT2D eigenvalue weighted by molar-refractivity contribution is 7.82. The Bertz CT molecular complexity index is 658. The third kappa shape index (κ3) is 4.13. The van der Waals surface area contributed by atoms with Crippen LogP contribution in [-0.2, 0) is 0 Å². The minimum Gasteiger partial charge on any atom is -0.508 e. The topological polar surface area (TPSA) is 33.1 Å². The summed E-state index contributed by atoms with van der Waals surface area (Å²) in [6.07, 6.45) is 0. The van der Waals surface area contributed by atoms with Crippen molar-refractivity contribution < 1.29 is 5.11 Å². The lowest BCUT2D eigenvalue weighted by Crippen LogP contribution is -1.66. The Kier molecular flexibility index (Phi) is 4.69. The van der Waals surface area contributed by atoms with E-state index in [0.717, 1.165) is 19.6 Å².